The minimum absolute atomic E-state index is 0.0306. The molecule has 0 atom stereocenters. The van der Waals surface area contributed by atoms with Crippen LogP contribution in [0.1, 0.15) is 15.9 Å². The van der Waals surface area contributed by atoms with Crippen molar-refractivity contribution in [3.8, 4) is 11.6 Å². The van der Waals surface area contributed by atoms with Crippen LogP contribution in [-0.2, 0) is 14.8 Å². The topological polar surface area (TPSA) is 137 Å². The van der Waals surface area contributed by atoms with Crippen LogP contribution in [0.2, 0.25) is 0 Å². The molecule has 0 amide bonds. The fourth-order valence-electron chi connectivity index (χ4n) is 3.25. The maximum Gasteiger partial charge on any atom is 0.263 e. The Morgan fingerprint density at radius 2 is 1.58 bits per heavy atom. The number of rotatable bonds is 7. The van der Waals surface area contributed by atoms with Gasteiger partial charge in [0.1, 0.15) is 6.33 Å². The molecular formula is C22H18N4O6S. The molecular weight excluding hydrogens is 448 g/mol. The van der Waals surface area contributed by atoms with Crippen molar-refractivity contribution in [2.45, 2.75) is 4.90 Å². The van der Waals surface area contributed by atoms with Crippen molar-refractivity contribution in [3.63, 3.8) is 0 Å². The van der Waals surface area contributed by atoms with Gasteiger partial charge in [0.2, 0.25) is 17.3 Å². The van der Waals surface area contributed by atoms with Gasteiger partial charge in [-0.25, -0.2) is 13.4 Å². The van der Waals surface area contributed by atoms with Gasteiger partial charge >= 0.3 is 0 Å². The van der Waals surface area contributed by atoms with Crippen molar-refractivity contribution < 1.29 is 27.5 Å². The Morgan fingerprint density at radius 1 is 0.879 bits per heavy atom. The van der Waals surface area contributed by atoms with Gasteiger partial charge in [-0.2, -0.15) is 4.98 Å². The molecule has 1 aliphatic rings. The van der Waals surface area contributed by atoms with E-state index in [4.69, 9.17) is 9.47 Å². The molecule has 0 fully saturated rings. The molecule has 3 aromatic rings. The van der Waals surface area contributed by atoms with E-state index in [1.165, 1.54) is 44.6 Å². The molecule has 0 aliphatic heterocycles. The highest BCUT2D eigenvalue weighted by Gasteiger charge is 2.25. The Hall–Kier alpha value is -4.25. The van der Waals surface area contributed by atoms with Crippen molar-refractivity contribution in [3.05, 3.63) is 72.1 Å². The first-order valence-electron chi connectivity index (χ1n) is 9.56. The predicted octanol–water partition coefficient (Wildman–Crippen LogP) is 2.51. The molecule has 0 unspecified atom stereocenters. The van der Waals surface area contributed by atoms with E-state index in [1.54, 1.807) is 24.3 Å². The lowest BCUT2D eigenvalue weighted by Gasteiger charge is -2.18. The second-order valence-corrected chi connectivity index (χ2v) is 8.50. The molecule has 10 nitrogen and oxygen atoms in total. The van der Waals surface area contributed by atoms with Gasteiger partial charge in [0, 0.05) is 22.9 Å². The first kappa shape index (κ1) is 22.0. The zero-order valence-electron chi connectivity index (χ0n) is 17.5. The molecule has 0 radical (unpaired) electrons. The van der Waals surface area contributed by atoms with Crippen LogP contribution in [0.15, 0.2) is 65.8 Å². The smallest absolute Gasteiger partial charge is 0.263 e. The number of Topliss-reactive ketones (excluding diaryl/α,β-unsaturated/α-hetero) is 1. The third-order valence-electron chi connectivity index (χ3n) is 4.80. The van der Waals surface area contributed by atoms with E-state index in [0.717, 1.165) is 6.33 Å². The number of allylic oxidation sites excluding steroid dienone is 1. The number of aromatic nitrogens is 2. The van der Waals surface area contributed by atoms with Crippen molar-refractivity contribution in [2.75, 3.05) is 24.3 Å². The molecule has 11 heteroatoms. The molecule has 1 aliphatic carbocycles. The Bertz CT molecular complexity index is 1380. The van der Waals surface area contributed by atoms with Crippen LogP contribution >= 0.6 is 0 Å². The monoisotopic (exact) mass is 466 g/mol. The highest BCUT2D eigenvalue weighted by atomic mass is 32.2. The standard InChI is InChI=1S/C22H18N4O6S/c1-31-20-21(23-12-24-22(20)32-2)26-33(29,30)14-9-7-13(8-10-14)25-17-11-18(27)19(28)16-6-4-3-5-15(16)17/h3-12,25H,1-2H3,(H,23,24,26). The lowest BCUT2D eigenvalue weighted by molar-refractivity contribution is -0.111. The summed E-state index contributed by atoms with van der Waals surface area (Å²) in [5, 5.41) is 3.07. The minimum Gasteiger partial charge on any atom is -0.489 e. The fourth-order valence-corrected chi connectivity index (χ4v) is 4.26. The van der Waals surface area contributed by atoms with Crippen molar-refractivity contribution in [1.29, 1.82) is 0 Å². The minimum atomic E-state index is -4.00. The second kappa shape index (κ2) is 8.71. The Kier molecular flexibility index (Phi) is 5.80. The summed E-state index contributed by atoms with van der Waals surface area (Å²) in [5.41, 5.74) is 1.87. The van der Waals surface area contributed by atoms with Gasteiger partial charge in [-0.05, 0) is 24.3 Å². The molecule has 1 aromatic heterocycles. The average Bonchev–Trinajstić information content (AvgIpc) is 2.82. The molecule has 0 bridgehead atoms. The van der Waals surface area contributed by atoms with Gasteiger partial charge in [-0.15, -0.1) is 0 Å². The summed E-state index contributed by atoms with van der Waals surface area (Å²) in [6, 6.07) is 12.6. The summed E-state index contributed by atoms with van der Waals surface area (Å²) in [6.45, 7) is 0. The number of benzene rings is 2. The van der Waals surface area contributed by atoms with E-state index in [9.17, 15) is 18.0 Å². The number of anilines is 2. The van der Waals surface area contributed by atoms with Crippen LogP contribution < -0.4 is 19.5 Å². The Morgan fingerprint density at radius 3 is 2.24 bits per heavy atom. The summed E-state index contributed by atoms with van der Waals surface area (Å²) in [7, 11) is -1.29. The fraction of sp³-hybridized carbons (Fsp3) is 0.0909. The van der Waals surface area contributed by atoms with E-state index < -0.39 is 21.6 Å². The Labute approximate surface area is 189 Å². The van der Waals surface area contributed by atoms with Crippen LogP contribution in [0.5, 0.6) is 11.6 Å². The SMILES string of the molecule is COc1ncnc(NS(=O)(=O)c2ccc(NC3=CC(=O)C(=O)c4ccccc43)cc2)c1OC. The lowest BCUT2D eigenvalue weighted by Crippen LogP contribution is -2.21. The highest BCUT2D eigenvalue weighted by molar-refractivity contribution is 7.92. The number of ketones is 2. The average molecular weight is 466 g/mol. The molecule has 1 heterocycles. The van der Waals surface area contributed by atoms with Crippen molar-refractivity contribution in [2.24, 2.45) is 0 Å². The van der Waals surface area contributed by atoms with Gasteiger partial charge in [0.15, 0.2) is 5.82 Å². The number of hydrogen-bond acceptors (Lipinski definition) is 9. The Balaban J connectivity index is 1.57. The first-order valence-corrected chi connectivity index (χ1v) is 11.0. The van der Waals surface area contributed by atoms with Crippen LogP contribution in [0, 0.1) is 0 Å². The molecule has 0 saturated heterocycles. The molecule has 4 rings (SSSR count). The number of sulfonamides is 1. The van der Waals surface area contributed by atoms with Crippen molar-refractivity contribution in [1.82, 2.24) is 9.97 Å². The molecule has 168 valence electrons. The quantitative estimate of drug-likeness (QED) is 0.503. The summed E-state index contributed by atoms with van der Waals surface area (Å²) in [4.78, 5) is 31.9. The number of carbonyl (C=O) groups excluding carboxylic acids is 2. The first-order chi connectivity index (χ1) is 15.8. The number of nitrogens with zero attached hydrogens (tertiary/aromatic N) is 2. The number of nitrogens with one attached hydrogen (secondary N) is 2. The predicted molar refractivity (Wildman–Crippen MR) is 120 cm³/mol. The summed E-state index contributed by atoms with van der Waals surface area (Å²) in [5.74, 6) is -1.14. The zero-order chi connectivity index (χ0) is 23.6. The highest BCUT2D eigenvalue weighted by Crippen LogP contribution is 2.32. The van der Waals surface area contributed by atoms with Gasteiger partial charge in [0.05, 0.1) is 24.8 Å². The third-order valence-corrected chi connectivity index (χ3v) is 6.16. The van der Waals surface area contributed by atoms with Crippen LogP contribution in [-0.4, -0.2) is 44.2 Å². The zero-order valence-corrected chi connectivity index (χ0v) is 18.3. The van der Waals surface area contributed by atoms with E-state index in [1.807, 2.05) is 0 Å². The molecule has 33 heavy (non-hydrogen) atoms. The van der Waals surface area contributed by atoms with E-state index in [-0.39, 0.29) is 22.3 Å². The van der Waals surface area contributed by atoms with Crippen molar-refractivity contribution >= 4 is 38.8 Å². The number of fused-ring (bicyclic) bond motifs is 1. The van der Waals surface area contributed by atoms with E-state index >= 15 is 0 Å². The van der Waals surface area contributed by atoms with E-state index in [0.29, 0.717) is 22.5 Å². The van der Waals surface area contributed by atoms with E-state index in [2.05, 4.69) is 20.0 Å². The molecule has 2 N–H and O–H groups in total. The van der Waals surface area contributed by atoms with Gasteiger partial charge in [0.25, 0.3) is 15.9 Å². The third kappa shape index (κ3) is 4.26. The van der Waals surface area contributed by atoms with Crippen LogP contribution in [0.4, 0.5) is 11.5 Å². The van der Waals surface area contributed by atoms with Gasteiger partial charge < -0.3 is 14.8 Å². The second-order valence-electron chi connectivity index (χ2n) is 6.82. The number of methoxy groups -OCH3 is 2. The van der Waals surface area contributed by atoms with Crippen LogP contribution in [0.25, 0.3) is 5.70 Å². The maximum absolute atomic E-state index is 12.8. The molecule has 2 aromatic carbocycles. The number of carbonyl (C=O) groups is 2. The van der Waals surface area contributed by atoms with Gasteiger partial charge in [-0.3, -0.25) is 14.3 Å². The summed E-state index contributed by atoms with van der Waals surface area (Å²) < 4.78 is 38.2. The lowest BCUT2D eigenvalue weighted by atomic mass is 9.93. The molecule has 0 spiro atoms. The normalized spacial score (nSPS) is 13.1. The summed E-state index contributed by atoms with van der Waals surface area (Å²) in [6.07, 6.45) is 2.37. The number of hydrogen-bond donors (Lipinski definition) is 2. The number of ether oxygens (including phenoxy) is 2. The largest absolute Gasteiger partial charge is 0.489 e. The molecule has 0 saturated carbocycles. The maximum atomic E-state index is 12.8. The van der Waals surface area contributed by atoms with Gasteiger partial charge in [-0.1, -0.05) is 24.3 Å². The summed E-state index contributed by atoms with van der Waals surface area (Å²) >= 11 is 0. The van der Waals surface area contributed by atoms with Crippen LogP contribution in [0.3, 0.4) is 0 Å².